The number of rotatable bonds is 6. The summed E-state index contributed by atoms with van der Waals surface area (Å²) in [5.41, 5.74) is 3.47. The number of carbonyl (C=O) groups excluding carboxylic acids is 1. The summed E-state index contributed by atoms with van der Waals surface area (Å²) in [4.78, 5) is 30.6. The standard InChI is InChI=1S/C24H22N4O4S2/c1-15-6-5-9-21(16(15)2)28-23(30)19-7-3-4-8-20(19)27-24(28)33-14-22(29)26-17-10-12-18(13-11-17)34(25,31)32/h3-13H,14H2,1-2H3,(H,26,29)(H2,25,31,32). The fraction of sp³-hybridized carbons (Fsp3) is 0.125. The monoisotopic (exact) mass is 494 g/mol. The first-order valence-electron chi connectivity index (χ1n) is 10.3. The highest BCUT2D eigenvalue weighted by atomic mass is 32.2. The molecule has 0 spiro atoms. The minimum Gasteiger partial charge on any atom is -0.325 e. The molecule has 4 rings (SSSR count). The van der Waals surface area contributed by atoms with Gasteiger partial charge in [-0.3, -0.25) is 14.2 Å². The number of benzene rings is 3. The van der Waals surface area contributed by atoms with Crippen LogP contribution in [-0.2, 0) is 14.8 Å². The van der Waals surface area contributed by atoms with Crippen LogP contribution in [0.2, 0.25) is 0 Å². The Morgan fingerprint density at radius 2 is 1.74 bits per heavy atom. The van der Waals surface area contributed by atoms with Gasteiger partial charge in [0.15, 0.2) is 5.16 Å². The molecule has 1 aromatic heterocycles. The van der Waals surface area contributed by atoms with E-state index in [9.17, 15) is 18.0 Å². The molecule has 10 heteroatoms. The molecule has 0 aliphatic rings. The molecule has 0 aliphatic heterocycles. The van der Waals surface area contributed by atoms with Gasteiger partial charge in [-0.15, -0.1) is 0 Å². The molecule has 0 fully saturated rings. The zero-order valence-electron chi connectivity index (χ0n) is 18.5. The quantitative estimate of drug-likeness (QED) is 0.313. The zero-order valence-corrected chi connectivity index (χ0v) is 20.1. The van der Waals surface area contributed by atoms with Gasteiger partial charge in [-0.1, -0.05) is 36.0 Å². The lowest BCUT2D eigenvalue weighted by Crippen LogP contribution is -2.23. The largest absolute Gasteiger partial charge is 0.325 e. The van der Waals surface area contributed by atoms with E-state index in [1.807, 2.05) is 38.1 Å². The number of aromatic nitrogens is 2. The van der Waals surface area contributed by atoms with Crippen molar-refractivity contribution in [2.24, 2.45) is 5.14 Å². The molecule has 34 heavy (non-hydrogen) atoms. The molecule has 0 bridgehead atoms. The minimum atomic E-state index is -3.81. The fourth-order valence-corrected chi connectivity index (χ4v) is 4.78. The average Bonchev–Trinajstić information content (AvgIpc) is 2.80. The van der Waals surface area contributed by atoms with Gasteiger partial charge in [-0.25, -0.2) is 18.5 Å². The number of amides is 1. The molecule has 0 saturated heterocycles. The number of nitrogens with zero attached hydrogens (tertiary/aromatic N) is 2. The Morgan fingerprint density at radius 1 is 1.03 bits per heavy atom. The Labute approximate surface area is 200 Å². The van der Waals surface area contributed by atoms with E-state index in [0.29, 0.717) is 27.4 Å². The summed E-state index contributed by atoms with van der Waals surface area (Å²) in [7, 11) is -3.81. The molecular formula is C24H22N4O4S2. The summed E-state index contributed by atoms with van der Waals surface area (Å²) in [6.07, 6.45) is 0. The first-order valence-corrected chi connectivity index (χ1v) is 12.8. The molecule has 3 aromatic carbocycles. The lowest BCUT2D eigenvalue weighted by Gasteiger charge is -2.16. The number of nitrogens with one attached hydrogen (secondary N) is 1. The molecule has 0 atom stereocenters. The van der Waals surface area contributed by atoms with Crippen LogP contribution in [0.4, 0.5) is 5.69 Å². The molecular weight excluding hydrogens is 472 g/mol. The Morgan fingerprint density at radius 3 is 2.44 bits per heavy atom. The predicted molar refractivity (Wildman–Crippen MR) is 134 cm³/mol. The lowest BCUT2D eigenvalue weighted by molar-refractivity contribution is -0.113. The van der Waals surface area contributed by atoms with Crippen LogP contribution < -0.4 is 16.0 Å². The van der Waals surface area contributed by atoms with Gasteiger partial charge in [0.1, 0.15) is 0 Å². The van der Waals surface area contributed by atoms with Crippen molar-refractivity contribution in [3.8, 4) is 5.69 Å². The molecule has 4 aromatic rings. The number of para-hydroxylation sites is 1. The van der Waals surface area contributed by atoms with E-state index in [4.69, 9.17) is 5.14 Å². The van der Waals surface area contributed by atoms with Gasteiger partial charge in [0, 0.05) is 5.69 Å². The Hall–Kier alpha value is -3.47. The van der Waals surface area contributed by atoms with Crippen LogP contribution in [0.3, 0.4) is 0 Å². The number of nitrogens with two attached hydrogens (primary N) is 1. The molecule has 174 valence electrons. The maximum atomic E-state index is 13.4. The topological polar surface area (TPSA) is 124 Å². The normalized spacial score (nSPS) is 11.5. The van der Waals surface area contributed by atoms with Gasteiger partial charge in [0.25, 0.3) is 5.56 Å². The first-order chi connectivity index (χ1) is 16.1. The molecule has 8 nitrogen and oxygen atoms in total. The molecule has 0 saturated carbocycles. The van der Waals surface area contributed by atoms with Gasteiger partial charge >= 0.3 is 0 Å². The lowest BCUT2D eigenvalue weighted by atomic mass is 10.1. The fourth-order valence-electron chi connectivity index (χ4n) is 3.45. The second-order valence-corrected chi connectivity index (χ2v) is 10.2. The second kappa shape index (κ2) is 9.41. The number of anilines is 1. The summed E-state index contributed by atoms with van der Waals surface area (Å²) in [6.45, 7) is 3.92. The summed E-state index contributed by atoms with van der Waals surface area (Å²) in [5, 5.41) is 8.71. The zero-order chi connectivity index (χ0) is 24.5. The van der Waals surface area contributed by atoms with Crippen molar-refractivity contribution < 1.29 is 13.2 Å². The van der Waals surface area contributed by atoms with Crippen LogP contribution >= 0.6 is 11.8 Å². The van der Waals surface area contributed by atoms with Gasteiger partial charge in [0.2, 0.25) is 15.9 Å². The molecule has 1 amide bonds. The third-order valence-corrected chi connectivity index (χ3v) is 7.23. The Bertz CT molecular complexity index is 1560. The number of primary sulfonamides is 1. The maximum Gasteiger partial charge on any atom is 0.266 e. The van der Waals surface area contributed by atoms with Crippen LogP contribution in [0.5, 0.6) is 0 Å². The van der Waals surface area contributed by atoms with E-state index >= 15 is 0 Å². The molecule has 0 aliphatic carbocycles. The summed E-state index contributed by atoms with van der Waals surface area (Å²) >= 11 is 1.14. The number of hydrogen-bond acceptors (Lipinski definition) is 6. The average molecular weight is 495 g/mol. The van der Waals surface area contributed by atoms with Crippen LogP contribution in [0, 0.1) is 13.8 Å². The Balaban J connectivity index is 1.64. The van der Waals surface area contributed by atoms with Crippen molar-refractivity contribution in [3.05, 3.63) is 88.2 Å². The van der Waals surface area contributed by atoms with E-state index in [-0.39, 0.29) is 22.1 Å². The van der Waals surface area contributed by atoms with Gasteiger partial charge in [0.05, 0.1) is 27.2 Å². The van der Waals surface area contributed by atoms with E-state index < -0.39 is 10.0 Å². The smallest absolute Gasteiger partial charge is 0.266 e. The first kappa shape index (κ1) is 23.7. The van der Waals surface area contributed by atoms with Crippen LogP contribution in [-0.4, -0.2) is 29.6 Å². The third kappa shape index (κ3) is 4.89. The molecule has 3 N–H and O–H groups in total. The van der Waals surface area contributed by atoms with Crippen molar-refractivity contribution >= 4 is 44.3 Å². The maximum absolute atomic E-state index is 13.4. The number of aryl methyl sites for hydroxylation is 1. The Kier molecular flexibility index (Phi) is 6.56. The van der Waals surface area contributed by atoms with Crippen LogP contribution in [0.15, 0.2) is 81.6 Å². The van der Waals surface area contributed by atoms with Crippen molar-refractivity contribution in [1.82, 2.24) is 9.55 Å². The molecule has 0 radical (unpaired) electrons. The van der Waals surface area contributed by atoms with Gasteiger partial charge in [-0.2, -0.15) is 0 Å². The van der Waals surface area contributed by atoms with Gasteiger partial charge < -0.3 is 5.32 Å². The van der Waals surface area contributed by atoms with E-state index in [2.05, 4.69) is 10.3 Å². The highest BCUT2D eigenvalue weighted by molar-refractivity contribution is 7.99. The number of thioether (sulfide) groups is 1. The summed E-state index contributed by atoms with van der Waals surface area (Å²) in [6, 6.07) is 18.4. The molecule has 0 unspecified atom stereocenters. The number of hydrogen-bond donors (Lipinski definition) is 2. The van der Waals surface area contributed by atoms with Crippen molar-refractivity contribution in [2.45, 2.75) is 23.9 Å². The van der Waals surface area contributed by atoms with E-state index in [0.717, 1.165) is 22.9 Å². The third-order valence-electron chi connectivity index (χ3n) is 5.36. The predicted octanol–water partition coefficient (Wildman–Crippen LogP) is 3.38. The molecule has 1 heterocycles. The number of sulfonamides is 1. The van der Waals surface area contributed by atoms with Gasteiger partial charge in [-0.05, 0) is 67.4 Å². The highest BCUT2D eigenvalue weighted by Crippen LogP contribution is 2.25. The van der Waals surface area contributed by atoms with E-state index in [1.165, 1.54) is 24.3 Å². The second-order valence-electron chi connectivity index (χ2n) is 7.68. The van der Waals surface area contributed by atoms with Crippen molar-refractivity contribution in [3.63, 3.8) is 0 Å². The number of fused-ring (bicyclic) bond motifs is 1. The van der Waals surface area contributed by atoms with E-state index in [1.54, 1.807) is 22.8 Å². The van der Waals surface area contributed by atoms with Crippen LogP contribution in [0.1, 0.15) is 11.1 Å². The van der Waals surface area contributed by atoms with Crippen molar-refractivity contribution in [1.29, 1.82) is 0 Å². The summed E-state index contributed by atoms with van der Waals surface area (Å²) < 4.78 is 24.3. The minimum absolute atomic E-state index is 0.00736. The highest BCUT2D eigenvalue weighted by Gasteiger charge is 2.17. The van der Waals surface area contributed by atoms with Crippen LogP contribution in [0.25, 0.3) is 16.6 Å². The SMILES string of the molecule is Cc1cccc(-n2c(SCC(=O)Nc3ccc(S(N)(=O)=O)cc3)nc3ccccc3c2=O)c1C. The number of carbonyl (C=O) groups is 1. The summed E-state index contributed by atoms with van der Waals surface area (Å²) in [5.74, 6) is -0.338. The van der Waals surface area contributed by atoms with Crippen molar-refractivity contribution in [2.75, 3.05) is 11.1 Å².